The van der Waals surface area contributed by atoms with Gasteiger partial charge in [0.05, 0.1) is 6.04 Å². The molecule has 19 heavy (non-hydrogen) atoms. The summed E-state index contributed by atoms with van der Waals surface area (Å²) in [5, 5.41) is 0. The Balaban J connectivity index is 2.04. The van der Waals surface area contributed by atoms with Crippen molar-refractivity contribution in [3.05, 3.63) is 65.7 Å². The van der Waals surface area contributed by atoms with Crippen LogP contribution in [-0.4, -0.2) is 5.75 Å². The molecule has 0 amide bonds. The first kappa shape index (κ1) is 14.0. The summed E-state index contributed by atoms with van der Waals surface area (Å²) in [6, 6.07) is 12.4. The molecular formula is C14H14F2N2S. The van der Waals surface area contributed by atoms with Gasteiger partial charge in [0, 0.05) is 16.2 Å². The van der Waals surface area contributed by atoms with Gasteiger partial charge in [-0.05, 0) is 30.3 Å². The fourth-order valence-corrected chi connectivity index (χ4v) is 2.66. The van der Waals surface area contributed by atoms with Crippen LogP contribution in [0.4, 0.5) is 8.78 Å². The van der Waals surface area contributed by atoms with Crippen molar-refractivity contribution >= 4 is 11.8 Å². The smallest absolute Gasteiger partial charge is 0.128 e. The van der Waals surface area contributed by atoms with Gasteiger partial charge in [0.2, 0.25) is 0 Å². The van der Waals surface area contributed by atoms with Crippen LogP contribution in [0.1, 0.15) is 11.6 Å². The van der Waals surface area contributed by atoms with Gasteiger partial charge in [0.1, 0.15) is 11.6 Å². The molecule has 0 aliphatic rings. The molecule has 1 atom stereocenters. The Kier molecular flexibility index (Phi) is 4.90. The first-order valence-corrected chi connectivity index (χ1v) is 6.78. The first-order chi connectivity index (χ1) is 9.20. The van der Waals surface area contributed by atoms with Crippen molar-refractivity contribution in [2.45, 2.75) is 10.9 Å². The van der Waals surface area contributed by atoms with Gasteiger partial charge in [-0.1, -0.05) is 18.2 Å². The zero-order valence-electron chi connectivity index (χ0n) is 10.1. The van der Waals surface area contributed by atoms with Crippen molar-refractivity contribution in [1.82, 2.24) is 5.43 Å². The Morgan fingerprint density at radius 2 is 1.74 bits per heavy atom. The fraction of sp³-hybridized carbons (Fsp3) is 0.143. The molecule has 0 radical (unpaired) electrons. The fourth-order valence-electron chi connectivity index (χ4n) is 1.70. The number of benzene rings is 2. The van der Waals surface area contributed by atoms with Crippen LogP contribution in [0.3, 0.4) is 0 Å². The van der Waals surface area contributed by atoms with Crippen LogP contribution in [-0.2, 0) is 0 Å². The Hall–Kier alpha value is -1.43. The Morgan fingerprint density at radius 3 is 2.37 bits per heavy atom. The first-order valence-electron chi connectivity index (χ1n) is 5.79. The molecule has 0 aliphatic carbocycles. The second-order valence-electron chi connectivity index (χ2n) is 4.01. The summed E-state index contributed by atoms with van der Waals surface area (Å²) < 4.78 is 26.4. The van der Waals surface area contributed by atoms with E-state index in [4.69, 9.17) is 5.84 Å². The second-order valence-corrected chi connectivity index (χ2v) is 5.10. The summed E-state index contributed by atoms with van der Waals surface area (Å²) in [6.07, 6.45) is 0. The topological polar surface area (TPSA) is 38.0 Å². The minimum Gasteiger partial charge on any atom is -0.271 e. The van der Waals surface area contributed by atoms with E-state index in [0.29, 0.717) is 11.3 Å². The summed E-state index contributed by atoms with van der Waals surface area (Å²) in [6.45, 7) is 0. The molecule has 5 heteroatoms. The number of rotatable bonds is 5. The molecule has 0 saturated carbocycles. The highest BCUT2D eigenvalue weighted by molar-refractivity contribution is 7.99. The molecular weight excluding hydrogens is 266 g/mol. The highest BCUT2D eigenvalue weighted by atomic mass is 32.2. The third kappa shape index (κ3) is 3.76. The maximum Gasteiger partial charge on any atom is 0.128 e. The number of hydrazine groups is 1. The summed E-state index contributed by atoms with van der Waals surface area (Å²) in [5.74, 6) is 5.47. The number of hydrogen-bond acceptors (Lipinski definition) is 3. The molecule has 100 valence electrons. The minimum atomic E-state index is -0.295. The maximum absolute atomic E-state index is 13.7. The normalized spacial score (nSPS) is 12.4. The third-order valence-corrected chi connectivity index (χ3v) is 3.82. The van der Waals surface area contributed by atoms with Crippen molar-refractivity contribution in [3.63, 3.8) is 0 Å². The molecule has 0 fully saturated rings. The van der Waals surface area contributed by atoms with Crippen LogP contribution in [0.5, 0.6) is 0 Å². The van der Waals surface area contributed by atoms with Crippen LogP contribution in [0.25, 0.3) is 0 Å². The zero-order valence-corrected chi connectivity index (χ0v) is 11.0. The predicted octanol–water partition coefficient (Wildman–Crippen LogP) is 3.26. The second kappa shape index (κ2) is 6.65. The zero-order chi connectivity index (χ0) is 13.7. The molecule has 0 bridgehead atoms. The van der Waals surface area contributed by atoms with Crippen LogP contribution in [0, 0.1) is 11.6 Å². The highest BCUT2D eigenvalue weighted by Crippen LogP contribution is 2.25. The largest absolute Gasteiger partial charge is 0.271 e. The van der Waals surface area contributed by atoms with Crippen LogP contribution >= 0.6 is 11.8 Å². The molecule has 0 heterocycles. The lowest BCUT2D eigenvalue weighted by molar-refractivity contribution is 0.546. The van der Waals surface area contributed by atoms with Crippen molar-refractivity contribution < 1.29 is 8.78 Å². The predicted molar refractivity (Wildman–Crippen MR) is 73.6 cm³/mol. The lowest BCUT2D eigenvalue weighted by Gasteiger charge is -2.16. The van der Waals surface area contributed by atoms with Gasteiger partial charge in [-0.25, -0.2) is 8.78 Å². The number of hydrogen-bond donors (Lipinski definition) is 2. The van der Waals surface area contributed by atoms with Gasteiger partial charge in [-0.2, -0.15) is 0 Å². The van der Waals surface area contributed by atoms with Gasteiger partial charge in [0.15, 0.2) is 0 Å². The van der Waals surface area contributed by atoms with E-state index in [9.17, 15) is 8.78 Å². The van der Waals surface area contributed by atoms with E-state index in [2.05, 4.69) is 5.43 Å². The quantitative estimate of drug-likeness (QED) is 0.501. The lowest BCUT2D eigenvalue weighted by atomic mass is 10.1. The van der Waals surface area contributed by atoms with Crippen LogP contribution < -0.4 is 11.3 Å². The summed E-state index contributed by atoms with van der Waals surface area (Å²) in [4.78, 5) is 0.915. The molecule has 0 aliphatic heterocycles. The molecule has 0 saturated heterocycles. The molecule has 2 aromatic carbocycles. The van der Waals surface area contributed by atoms with Crippen LogP contribution in [0.2, 0.25) is 0 Å². The van der Waals surface area contributed by atoms with Crippen molar-refractivity contribution in [3.8, 4) is 0 Å². The van der Waals surface area contributed by atoms with Gasteiger partial charge in [-0.15, -0.1) is 11.8 Å². The number of thioether (sulfide) groups is 1. The monoisotopic (exact) mass is 280 g/mol. The number of nitrogens with one attached hydrogen (secondary N) is 1. The Bertz CT molecular complexity index is 531. The molecule has 0 aromatic heterocycles. The number of halogens is 2. The minimum absolute atomic E-state index is 0.271. The molecule has 2 rings (SSSR count). The van der Waals surface area contributed by atoms with Crippen molar-refractivity contribution in [2.75, 3.05) is 5.75 Å². The molecule has 2 aromatic rings. The van der Waals surface area contributed by atoms with E-state index in [-0.39, 0.29) is 17.7 Å². The molecule has 2 nitrogen and oxygen atoms in total. The van der Waals surface area contributed by atoms with E-state index in [1.807, 2.05) is 0 Å². The highest BCUT2D eigenvalue weighted by Gasteiger charge is 2.14. The van der Waals surface area contributed by atoms with E-state index < -0.39 is 0 Å². The Labute approximate surface area is 115 Å². The van der Waals surface area contributed by atoms with Crippen LogP contribution in [0.15, 0.2) is 53.4 Å². The van der Waals surface area contributed by atoms with Crippen molar-refractivity contribution in [1.29, 1.82) is 0 Å². The van der Waals surface area contributed by atoms with Gasteiger partial charge in [-0.3, -0.25) is 11.3 Å². The van der Waals surface area contributed by atoms with Gasteiger partial charge in [0.25, 0.3) is 0 Å². The van der Waals surface area contributed by atoms with E-state index >= 15 is 0 Å². The molecule has 1 unspecified atom stereocenters. The SMILES string of the molecule is NNC(CSc1ccc(F)cc1)c1ccccc1F. The molecule has 3 N–H and O–H groups in total. The third-order valence-electron chi connectivity index (χ3n) is 2.71. The Morgan fingerprint density at radius 1 is 1.05 bits per heavy atom. The lowest BCUT2D eigenvalue weighted by Crippen LogP contribution is -2.30. The maximum atomic E-state index is 13.7. The summed E-state index contributed by atoms with van der Waals surface area (Å²) in [7, 11) is 0. The van der Waals surface area contributed by atoms with Gasteiger partial charge >= 0.3 is 0 Å². The summed E-state index contributed by atoms with van der Waals surface area (Å²) in [5.41, 5.74) is 3.13. The summed E-state index contributed by atoms with van der Waals surface area (Å²) >= 11 is 1.49. The average molecular weight is 280 g/mol. The van der Waals surface area contributed by atoms with Gasteiger partial charge < -0.3 is 0 Å². The molecule has 0 spiro atoms. The van der Waals surface area contributed by atoms with E-state index in [0.717, 1.165) is 4.90 Å². The van der Waals surface area contributed by atoms with Crippen molar-refractivity contribution in [2.24, 2.45) is 5.84 Å². The average Bonchev–Trinajstić information content (AvgIpc) is 2.43. The number of nitrogens with two attached hydrogens (primary N) is 1. The van der Waals surface area contributed by atoms with E-state index in [1.165, 1.54) is 30.0 Å². The standard InChI is InChI=1S/C14H14F2N2S/c15-10-5-7-11(8-6-10)19-9-14(18-17)12-3-1-2-4-13(12)16/h1-8,14,18H,9,17H2. The van der Waals surface area contributed by atoms with E-state index in [1.54, 1.807) is 30.3 Å².